The van der Waals surface area contributed by atoms with E-state index in [2.05, 4.69) is 14.9 Å². The number of carbonyl (C=O) groups is 1. The third-order valence-electron chi connectivity index (χ3n) is 8.31. The van der Waals surface area contributed by atoms with Crippen molar-refractivity contribution in [1.29, 1.82) is 0 Å². The standard InChI is InChI=1S/C29H33F4N7O3/c1-15-13-40(14-16(2)37(15)3)20-10-19(30)22(17-11-35-29(36-12-17)39-5-7-43-8-6-39)25(31)24(20)26-23(28(34)42)18(27(32)33)9-21(41)38(26)4/h9-12,15-16,27H,5-8,13-14H2,1-4H3,(H2,34,42)/t15-,16+. The Morgan fingerprint density at radius 1 is 1.00 bits per heavy atom. The predicted molar refractivity (Wildman–Crippen MR) is 153 cm³/mol. The lowest BCUT2D eigenvalue weighted by Gasteiger charge is -2.44. The first-order chi connectivity index (χ1) is 20.4. The molecule has 0 radical (unpaired) electrons. The number of carbonyl (C=O) groups excluding carboxylic acids is 1. The molecule has 3 aromatic rings. The SMILES string of the molecule is C[C@@H]1CN(c2cc(F)c(-c3cnc(N4CCOCC4)nc3)c(F)c2-c2c(C(N)=O)c(C(F)F)cc(=O)n2C)C[C@H](C)N1C. The molecule has 2 aliphatic rings. The van der Waals surface area contributed by atoms with Gasteiger partial charge in [-0.05, 0) is 27.0 Å². The fourth-order valence-corrected chi connectivity index (χ4v) is 5.76. The van der Waals surface area contributed by atoms with E-state index < -0.39 is 57.5 Å². The van der Waals surface area contributed by atoms with Crippen LogP contribution in [0.4, 0.5) is 29.2 Å². The number of halogens is 4. The number of nitrogens with two attached hydrogens (primary N) is 1. The van der Waals surface area contributed by atoms with Crippen LogP contribution in [0.1, 0.15) is 36.2 Å². The van der Waals surface area contributed by atoms with Crippen molar-refractivity contribution in [2.24, 2.45) is 12.8 Å². The maximum Gasteiger partial charge on any atom is 0.264 e. The molecule has 0 bridgehead atoms. The second-order valence-corrected chi connectivity index (χ2v) is 11.0. The zero-order valence-corrected chi connectivity index (χ0v) is 24.3. The Kier molecular flexibility index (Phi) is 8.43. The summed E-state index contributed by atoms with van der Waals surface area (Å²) in [6.45, 7) is 6.62. The van der Waals surface area contributed by atoms with E-state index in [1.54, 1.807) is 4.90 Å². The number of pyridine rings is 1. The van der Waals surface area contributed by atoms with Crippen LogP contribution >= 0.6 is 0 Å². The van der Waals surface area contributed by atoms with E-state index in [1.165, 1.54) is 19.4 Å². The van der Waals surface area contributed by atoms with Crippen LogP contribution in [0.5, 0.6) is 0 Å². The van der Waals surface area contributed by atoms with Crippen molar-refractivity contribution in [1.82, 2.24) is 19.4 Å². The van der Waals surface area contributed by atoms with E-state index in [0.29, 0.717) is 51.4 Å². The van der Waals surface area contributed by atoms with Crippen molar-refractivity contribution in [2.45, 2.75) is 32.4 Å². The molecule has 1 amide bonds. The van der Waals surface area contributed by atoms with Gasteiger partial charge in [0.15, 0.2) is 0 Å². The number of likely N-dealkylation sites (N-methyl/N-ethyl adjacent to an activating group) is 1. The third kappa shape index (κ3) is 5.56. The van der Waals surface area contributed by atoms with Gasteiger partial charge in [-0.2, -0.15) is 0 Å². The molecule has 5 rings (SSSR count). The van der Waals surface area contributed by atoms with Gasteiger partial charge in [0, 0.05) is 74.9 Å². The van der Waals surface area contributed by atoms with E-state index in [0.717, 1.165) is 10.6 Å². The van der Waals surface area contributed by atoms with E-state index in [-0.39, 0.29) is 23.3 Å². The van der Waals surface area contributed by atoms with Crippen molar-refractivity contribution in [3.05, 3.63) is 57.6 Å². The molecule has 1 aromatic carbocycles. The molecule has 2 atom stereocenters. The first kappa shape index (κ1) is 30.4. The van der Waals surface area contributed by atoms with Crippen LogP contribution in [0, 0.1) is 11.6 Å². The van der Waals surface area contributed by atoms with Crippen LogP contribution < -0.4 is 21.1 Å². The molecule has 43 heavy (non-hydrogen) atoms. The number of hydrogen-bond acceptors (Lipinski definition) is 8. The summed E-state index contributed by atoms with van der Waals surface area (Å²) in [6.07, 6.45) is -0.718. The van der Waals surface area contributed by atoms with Gasteiger partial charge in [0.25, 0.3) is 17.9 Å². The Labute approximate surface area is 245 Å². The molecule has 2 fully saturated rings. The summed E-state index contributed by atoms with van der Waals surface area (Å²) in [5, 5.41) is 0. The first-order valence-corrected chi connectivity index (χ1v) is 13.9. The number of nitrogens with zero attached hydrogens (tertiary/aromatic N) is 6. The number of ether oxygens (including phenoxy) is 1. The largest absolute Gasteiger partial charge is 0.378 e. The Morgan fingerprint density at radius 2 is 1.60 bits per heavy atom. The molecule has 230 valence electrons. The molecule has 0 spiro atoms. The van der Waals surface area contributed by atoms with Crippen LogP contribution in [0.2, 0.25) is 0 Å². The fraction of sp³-hybridized carbons (Fsp3) is 0.448. The number of anilines is 2. The van der Waals surface area contributed by atoms with Crippen molar-refractivity contribution in [3.63, 3.8) is 0 Å². The number of rotatable bonds is 6. The summed E-state index contributed by atoms with van der Waals surface area (Å²) in [7, 11) is 3.15. The molecule has 0 unspecified atom stereocenters. The number of alkyl halides is 2. The Morgan fingerprint density at radius 3 is 2.16 bits per heavy atom. The number of benzene rings is 1. The van der Waals surface area contributed by atoms with Gasteiger partial charge in [-0.3, -0.25) is 14.5 Å². The molecule has 2 N–H and O–H groups in total. The lowest BCUT2D eigenvalue weighted by atomic mass is 9.93. The van der Waals surface area contributed by atoms with E-state index in [4.69, 9.17) is 10.5 Å². The third-order valence-corrected chi connectivity index (χ3v) is 8.31. The first-order valence-electron chi connectivity index (χ1n) is 13.9. The summed E-state index contributed by atoms with van der Waals surface area (Å²) < 4.78 is 67.4. The van der Waals surface area contributed by atoms with Crippen LogP contribution in [-0.4, -0.2) is 83.9 Å². The maximum absolute atomic E-state index is 16.9. The molecular formula is C29H33F4N7O3. The molecule has 0 aliphatic carbocycles. The van der Waals surface area contributed by atoms with Gasteiger partial charge in [0.05, 0.1) is 41.3 Å². The lowest BCUT2D eigenvalue weighted by molar-refractivity contribution is 0.0986. The molecule has 10 nitrogen and oxygen atoms in total. The second-order valence-electron chi connectivity index (χ2n) is 11.0. The molecule has 14 heteroatoms. The molecular weight excluding hydrogens is 570 g/mol. The number of piperazine rings is 1. The molecule has 0 saturated carbocycles. The lowest BCUT2D eigenvalue weighted by Crippen LogP contribution is -2.55. The quantitative estimate of drug-likeness (QED) is 0.428. The average Bonchev–Trinajstić information content (AvgIpc) is 2.97. The van der Waals surface area contributed by atoms with Crippen LogP contribution in [0.3, 0.4) is 0 Å². The molecule has 2 aliphatic heterocycles. The summed E-state index contributed by atoms with van der Waals surface area (Å²) in [4.78, 5) is 39.9. The van der Waals surface area contributed by atoms with Crippen molar-refractivity contribution < 1.29 is 27.1 Å². The van der Waals surface area contributed by atoms with Gasteiger partial charge >= 0.3 is 0 Å². The fourth-order valence-electron chi connectivity index (χ4n) is 5.76. The Bertz CT molecular complexity index is 1580. The van der Waals surface area contributed by atoms with Gasteiger partial charge in [-0.1, -0.05) is 0 Å². The number of aromatic nitrogens is 3. The summed E-state index contributed by atoms with van der Waals surface area (Å²) in [5.74, 6) is -3.04. The highest BCUT2D eigenvalue weighted by atomic mass is 19.3. The minimum atomic E-state index is -3.26. The topological polar surface area (TPSA) is 110 Å². The van der Waals surface area contributed by atoms with Crippen molar-refractivity contribution >= 4 is 17.5 Å². The molecule has 4 heterocycles. The Hall–Kier alpha value is -4.04. The zero-order valence-electron chi connectivity index (χ0n) is 24.3. The number of amides is 1. The van der Waals surface area contributed by atoms with Gasteiger partial charge in [-0.25, -0.2) is 27.5 Å². The van der Waals surface area contributed by atoms with Gasteiger partial charge < -0.3 is 24.8 Å². The summed E-state index contributed by atoms with van der Waals surface area (Å²) in [5.41, 5.74) is 1.61. The monoisotopic (exact) mass is 603 g/mol. The number of morpholine rings is 1. The van der Waals surface area contributed by atoms with Crippen molar-refractivity contribution in [3.8, 4) is 22.4 Å². The van der Waals surface area contributed by atoms with Crippen molar-refractivity contribution in [2.75, 3.05) is 56.2 Å². The summed E-state index contributed by atoms with van der Waals surface area (Å²) >= 11 is 0. The molecule has 2 aromatic heterocycles. The minimum absolute atomic E-state index is 0.000298. The predicted octanol–water partition coefficient (Wildman–Crippen LogP) is 3.19. The smallest absolute Gasteiger partial charge is 0.264 e. The second kappa shape index (κ2) is 11.9. The van der Waals surface area contributed by atoms with Gasteiger partial charge in [0.1, 0.15) is 11.6 Å². The molecule has 2 saturated heterocycles. The number of primary amides is 1. The van der Waals surface area contributed by atoms with Crippen LogP contribution in [0.15, 0.2) is 29.3 Å². The number of hydrogen-bond donors (Lipinski definition) is 1. The summed E-state index contributed by atoms with van der Waals surface area (Å²) in [6, 6.07) is 1.61. The van der Waals surface area contributed by atoms with E-state index in [1.807, 2.05) is 25.8 Å². The van der Waals surface area contributed by atoms with Gasteiger partial charge in [0.2, 0.25) is 5.95 Å². The Balaban J connectivity index is 1.78. The maximum atomic E-state index is 16.9. The van der Waals surface area contributed by atoms with Crippen LogP contribution in [0.25, 0.3) is 22.4 Å². The zero-order chi connectivity index (χ0) is 31.2. The van der Waals surface area contributed by atoms with Crippen LogP contribution in [-0.2, 0) is 11.8 Å². The van der Waals surface area contributed by atoms with Gasteiger partial charge in [-0.15, -0.1) is 0 Å². The normalized spacial score (nSPS) is 19.7. The highest BCUT2D eigenvalue weighted by molar-refractivity contribution is 6.02. The average molecular weight is 604 g/mol. The highest BCUT2D eigenvalue weighted by Gasteiger charge is 2.35. The minimum Gasteiger partial charge on any atom is -0.378 e. The highest BCUT2D eigenvalue weighted by Crippen LogP contribution is 2.43. The van der Waals surface area contributed by atoms with E-state index in [9.17, 15) is 18.4 Å². The van der Waals surface area contributed by atoms with E-state index >= 15 is 8.78 Å².